The number of rotatable bonds is 3. The topological polar surface area (TPSA) is 51.0 Å². The van der Waals surface area contributed by atoms with Crippen molar-refractivity contribution in [3.05, 3.63) is 11.7 Å². The predicted molar refractivity (Wildman–Crippen MR) is 60.3 cm³/mol. The average molecular weight is 232 g/mol. The molecule has 0 saturated carbocycles. The largest absolute Gasteiger partial charge is 0.339 e. The van der Waals surface area contributed by atoms with Crippen LogP contribution in [0.15, 0.2) is 4.52 Å². The van der Waals surface area contributed by atoms with E-state index in [1.807, 2.05) is 0 Å². The van der Waals surface area contributed by atoms with Gasteiger partial charge in [-0.05, 0) is 25.4 Å². The van der Waals surface area contributed by atoms with Gasteiger partial charge in [0, 0.05) is 12.3 Å². The molecular weight excluding hydrogens is 214 g/mol. The van der Waals surface area contributed by atoms with Crippen molar-refractivity contribution in [1.29, 1.82) is 0 Å². The van der Waals surface area contributed by atoms with Crippen molar-refractivity contribution in [3.8, 4) is 0 Å². The summed E-state index contributed by atoms with van der Waals surface area (Å²) in [4.78, 5) is 4.37. The number of halogens is 1. The molecule has 0 aromatic carbocycles. The Labute approximate surface area is 96.2 Å². The minimum atomic E-state index is 0. The number of aromatic nitrogens is 2. The molecule has 15 heavy (non-hydrogen) atoms. The maximum Gasteiger partial charge on any atom is 0.226 e. The summed E-state index contributed by atoms with van der Waals surface area (Å²) in [6, 6.07) is 0. The molecule has 1 saturated heterocycles. The molecule has 5 heteroatoms. The number of nitrogens with zero attached hydrogens (tertiary/aromatic N) is 2. The van der Waals surface area contributed by atoms with Crippen LogP contribution >= 0.6 is 12.4 Å². The molecule has 0 amide bonds. The van der Waals surface area contributed by atoms with Gasteiger partial charge in [-0.3, -0.25) is 0 Å². The Morgan fingerprint density at radius 3 is 2.87 bits per heavy atom. The Morgan fingerprint density at radius 2 is 2.33 bits per heavy atom. The SMILES string of the molecule is CC(C)c1noc(C[C@@H]2CCNC2)n1.Cl. The lowest BCUT2D eigenvalue weighted by molar-refractivity contribution is 0.352. The fraction of sp³-hybridized carbons (Fsp3) is 0.800. The van der Waals surface area contributed by atoms with Gasteiger partial charge in [-0.15, -0.1) is 12.4 Å². The Morgan fingerprint density at radius 1 is 1.53 bits per heavy atom. The second kappa shape index (κ2) is 5.47. The molecule has 0 radical (unpaired) electrons. The Hall–Kier alpha value is -0.610. The summed E-state index contributed by atoms with van der Waals surface area (Å²) in [5, 5.41) is 7.28. The first-order valence-corrected chi connectivity index (χ1v) is 5.29. The first-order chi connectivity index (χ1) is 6.75. The average Bonchev–Trinajstić information content (AvgIpc) is 2.75. The summed E-state index contributed by atoms with van der Waals surface area (Å²) in [5.41, 5.74) is 0. The molecule has 1 atom stereocenters. The van der Waals surface area contributed by atoms with Crippen LogP contribution in [0.3, 0.4) is 0 Å². The highest BCUT2D eigenvalue weighted by molar-refractivity contribution is 5.85. The molecule has 1 aromatic heterocycles. The van der Waals surface area contributed by atoms with E-state index in [4.69, 9.17) is 4.52 Å². The first-order valence-electron chi connectivity index (χ1n) is 5.29. The molecule has 2 heterocycles. The van der Waals surface area contributed by atoms with Crippen molar-refractivity contribution >= 4 is 12.4 Å². The molecule has 0 bridgehead atoms. The summed E-state index contributed by atoms with van der Waals surface area (Å²) in [5.74, 6) is 2.65. The van der Waals surface area contributed by atoms with E-state index in [-0.39, 0.29) is 12.4 Å². The lowest BCUT2D eigenvalue weighted by atomic mass is 10.1. The third kappa shape index (κ3) is 3.18. The highest BCUT2D eigenvalue weighted by Gasteiger charge is 2.18. The molecule has 0 spiro atoms. The van der Waals surface area contributed by atoms with E-state index in [9.17, 15) is 0 Å². The number of hydrogen-bond donors (Lipinski definition) is 1. The fourth-order valence-corrected chi connectivity index (χ4v) is 1.72. The summed E-state index contributed by atoms with van der Waals surface area (Å²) < 4.78 is 5.20. The van der Waals surface area contributed by atoms with Gasteiger partial charge in [0.25, 0.3) is 0 Å². The molecular formula is C10H18ClN3O. The van der Waals surface area contributed by atoms with Crippen molar-refractivity contribution in [3.63, 3.8) is 0 Å². The second-order valence-electron chi connectivity index (χ2n) is 4.26. The zero-order chi connectivity index (χ0) is 9.97. The quantitative estimate of drug-likeness (QED) is 0.862. The molecule has 1 aromatic rings. The van der Waals surface area contributed by atoms with Gasteiger partial charge >= 0.3 is 0 Å². The molecule has 1 aliphatic heterocycles. The Balaban J connectivity index is 0.00000112. The second-order valence-corrected chi connectivity index (χ2v) is 4.26. The standard InChI is InChI=1S/C10H17N3O.ClH/c1-7(2)10-12-9(14-13-10)5-8-3-4-11-6-8;/h7-8,11H,3-6H2,1-2H3;1H/t8-;/m0./s1. The third-order valence-corrected chi connectivity index (χ3v) is 2.63. The van der Waals surface area contributed by atoms with Crippen LogP contribution in [-0.4, -0.2) is 23.2 Å². The monoisotopic (exact) mass is 231 g/mol. The van der Waals surface area contributed by atoms with E-state index < -0.39 is 0 Å². The van der Waals surface area contributed by atoms with E-state index in [1.165, 1.54) is 6.42 Å². The predicted octanol–water partition coefficient (Wildman–Crippen LogP) is 1.77. The molecule has 2 rings (SSSR count). The maximum atomic E-state index is 5.20. The van der Waals surface area contributed by atoms with Crippen molar-refractivity contribution in [2.24, 2.45) is 5.92 Å². The van der Waals surface area contributed by atoms with Crippen LogP contribution in [0, 0.1) is 5.92 Å². The molecule has 86 valence electrons. The van der Waals surface area contributed by atoms with Gasteiger partial charge in [-0.2, -0.15) is 4.98 Å². The summed E-state index contributed by atoms with van der Waals surface area (Å²) in [6.45, 7) is 6.35. The Bertz CT molecular complexity index is 295. The van der Waals surface area contributed by atoms with Gasteiger partial charge in [0.2, 0.25) is 5.89 Å². The van der Waals surface area contributed by atoms with Crippen LogP contribution in [0.2, 0.25) is 0 Å². The van der Waals surface area contributed by atoms with Gasteiger partial charge < -0.3 is 9.84 Å². The van der Waals surface area contributed by atoms with Crippen LogP contribution in [0.1, 0.15) is 37.9 Å². The van der Waals surface area contributed by atoms with Crippen LogP contribution in [0.4, 0.5) is 0 Å². The maximum absolute atomic E-state index is 5.20. The smallest absolute Gasteiger partial charge is 0.226 e. The normalized spacial score (nSPS) is 20.6. The van der Waals surface area contributed by atoms with Gasteiger partial charge in [0.1, 0.15) is 0 Å². The fourth-order valence-electron chi connectivity index (χ4n) is 1.72. The van der Waals surface area contributed by atoms with Crippen LogP contribution in [0.5, 0.6) is 0 Å². The van der Waals surface area contributed by atoms with Gasteiger partial charge in [0.05, 0.1) is 0 Å². The molecule has 0 aliphatic carbocycles. The minimum absolute atomic E-state index is 0. The molecule has 1 N–H and O–H groups in total. The number of hydrogen-bond acceptors (Lipinski definition) is 4. The molecule has 0 unspecified atom stereocenters. The van der Waals surface area contributed by atoms with Crippen LogP contribution in [-0.2, 0) is 6.42 Å². The van der Waals surface area contributed by atoms with E-state index >= 15 is 0 Å². The van der Waals surface area contributed by atoms with E-state index in [2.05, 4.69) is 29.3 Å². The summed E-state index contributed by atoms with van der Waals surface area (Å²) in [6.07, 6.45) is 2.14. The first kappa shape index (κ1) is 12.5. The highest BCUT2D eigenvalue weighted by Crippen LogP contribution is 2.16. The molecule has 1 fully saturated rings. The summed E-state index contributed by atoms with van der Waals surface area (Å²) in [7, 11) is 0. The van der Waals surface area contributed by atoms with Gasteiger partial charge in [-0.25, -0.2) is 0 Å². The van der Waals surface area contributed by atoms with Gasteiger partial charge in [-0.1, -0.05) is 19.0 Å². The van der Waals surface area contributed by atoms with E-state index in [0.717, 1.165) is 31.2 Å². The molecule has 4 nitrogen and oxygen atoms in total. The van der Waals surface area contributed by atoms with Crippen molar-refractivity contribution < 1.29 is 4.52 Å². The van der Waals surface area contributed by atoms with Crippen LogP contribution < -0.4 is 5.32 Å². The van der Waals surface area contributed by atoms with Crippen molar-refractivity contribution in [1.82, 2.24) is 15.5 Å². The third-order valence-electron chi connectivity index (χ3n) is 2.63. The van der Waals surface area contributed by atoms with Crippen LogP contribution in [0.25, 0.3) is 0 Å². The lowest BCUT2D eigenvalue weighted by Gasteiger charge is -2.01. The van der Waals surface area contributed by atoms with Crippen molar-refractivity contribution in [2.45, 2.75) is 32.6 Å². The molecule has 1 aliphatic rings. The Kier molecular flexibility index (Phi) is 4.54. The highest BCUT2D eigenvalue weighted by atomic mass is 35.5. The van der Waals surface area contributed by atoms with E-state index in [1.54, 1.807) is 0 Å². The van der Waals surface area contributed by atoms with Crippen molar-refractivity contribution in [2.75, 3.05) is 13.1 Å². The van der Waals surface area contributed by atoms with E-state index in [0.29, 0.717) is 11.8 Å². The summed E-state index contributed by atoms with van der Waals surface area (Å²) >= 11 is 0. The van der Waals surface area contributed by atoms with Gasteiger partial charge in [0.15, 0.2) is 5.82 Å². The number of nitrogens with one attached hydrogen (secondary N) is 1. The zero-order valence-electron chi connectivity index (χ0n) is 9.19. The zero-order valence-corrected chi connectivity index (χ0v) is 10.0. The lowest BCUT2D eigenvalue weighted by Crippen LogP contribution is -2.10. The minimum Gasteiger partial charge on any atom is -0.339 e.